The summed E-state index contributed by atoms with van der Waals surface area (Å²) in [4.78, 5) is 12.0. The Balaban J connectivity index is 1.66. The van der Waals surface area contributed by atoms with Gasteiger partial charge in [-0.15, -0.1) is 0 Å². The van der Waals surface area contributed by atoms with E-state index in [0.717, 1.165) is 37.9 Å². The number of hydrogen-bond donors (Lipinski definition) is 2. The van der Waals surface area contributed by atoms with E-state index in [2.05, 4.69) is 10.6 Å². The Hall–Kier alpha value is -1.61. The molecule has 1 heterocycles. The highest BCUT2D eigenvalue weighted by Gasteiger charge is 2.49. The van der Waals surface area contributed by atoms with Crippen molar-refractivity contribution >= 4 is 15.7 Å². The quantitative estimate of drug-likeness (QED) is 0.749. The van der Waals surface area contributed by atoms with Crippen LogP contribution in [0.4, 0.5) is 13.2 Å². The lowest BCUT2D eigenvalue weighted by atomic mass is 9.73. The van der Waals surface area contributed by atoms with Crippen molar-refractivity contribution in [3.63, 3.8) is 0 Å². The fourth-order valence-electron chi connectivity index (χ4n) is 4.04. The van der Waals surface area contributed by atoms with Crippen molar-refractivity contribution in [1.82, 2.24) is 10.6 Å². The van der Waals surface area contributed by atoms with Crippen molar-refractivity contribution in [2.45, 2.75) is 73.9 Å². The lowest BCUT2D eigenvalue weighted by Gasteiger charge is -2.45. The summed E-state index contributed by atoms with van der Waals surface area (Å²) in [6.07, 6.45) is -0.781. The van der Waals surface area contributed by atoms with Crippen molar-refractivity contribution in [1.29, 1.82) is 0 Å². The molecule has 1 aliphatic heterocycles. The molecule has 1 aromatic rings. The third-order valence-corrected chi connectivity index (χ3v) is 8.85. The molecule has 1 saturated carbocycles. The van der Waals surface area contributed by atoms with E-state index in [0.29, 0.717) is 18.9 Å². The summed E-state index contributed by atoms with van der Waals surface area (Å²) in [6, 6.07) is 3.58. The SMILES string of the molecule is CC(C)(C1CC(NC(=O)[C@H]2CCCCN2)C1)S(=O)(=O)c1cccc(C(F)(F)F)c1. The zero-order valence-electron chi connectivity index (χ0n) is 16.6. The zero-order chi connectivity index (χ0) is 21.4. The van der Waals surface area contributed by atoms with Crippen molar-refractivity contribution in [3.8, 4) is 0 Å². The number of hydrogen-bond acceptors (Lipinski definition) is 4. The summed E-state index contributed by atoms with van der Waals surface area (Å²) < 4.78 is 63.8. The molecule has 0 radical (unpaired) electrons. The number of alkyl halides is 3. The van der Waals surface area contributed by atoms with Crippen LogP contribution in [0, 0.1) is 5.92 Å². The summed E-state index contributed by atoms with van der Waals surface area (Å²) in [6.45, 7) is 3.91. The van der Waals surface area contributed by atoms with Crippen LogP contribution >= 0.6 is 0 Å². The van der Waals surface area contributed by atoms with Crippen LogP contribution in [0.5, 0.6) is 0 Å². The number of sulfone groups is 1. The lowest BCUT2D eigenvalue weighted by molar-refractivity contribution is -0.137. The highest BCUT2D eigenvalue weighted by Crippen LogP contribution is 2.44. The van der Waals surface area contributed by atoms with Gasteiger partial charge in [-0.2, -0.15) is 13.2 Å². The second-order valence-electron chi connectivity index (χ2n) is 8.51. The van der Waals surface area contributed by atoms with E-state index in [1.165, 1.54) is 6.07 Å². The molecule has 2 fully saturated rings. The van der Waals surface area contributed by atoms with Gasteiger partial charge in [0.15, 0.2) is 9.84 Å². The van der Waals surface area contributed by atoms with E-state index >= 15 is 0 Å². The normalized spacial score (nSPS) is 25.9. The molecular formula is C20H27F3N2O3S. The van der Waals surface area contributed by atoms with Gasteiger partial charge < -0.3 is 10.6 Å². The predicted molar refractivity (Wildman–Crippen MR) is 103 cm³/mol. The summed E-state index contributed by atoms with van der Waals surface area (Å²) in [5.41, 5.74) is -0.979. The molecule has 2 N–H and O–H groups in total. The van der Waals surface area contributed by atoms with Crippen LogP contribution in [-0.2, 0) is 20.8 Å². The number of carbonyl (C=O) groups excluding carboxylic acids is 1. The average Bonchev–Trinajstić information content (AvgIpc) is 2.64. The Morgan fingerprint density at radius 2 is 1.86 bits per heavy atom. The molecule has 2 aliphatic rings. The van der Waals surface area contributed by atoms with Crippen LogP contribution in [0.2, 0.25) is 0 Å². The minimum absolute atomic E-state index is 0.0632. The highest BCUT2D eigenvalue weighted by atomic mass is 32.2. The van der Waals surface area contributed by atoms with Crippen molar-refractivity contribution in [2.24, 2.45) is 5.92 Å². The molecule has 1 amide bonds. The standard InChI is InChI=1S/C20H27F3N2O3S/c1-19(2,29(27,28)16-7-5-6-13(12-16)20(21,22)23)14-10-15(11-14)25-18(26)17-8-3-4-9-24-17/h5-7,12,14-15,17,24H,3-4,8-11H2,1-2H3,(H,25,26)/t14?,15?,17-/m1/s1. The van der Waals surface area contributed by atoms with Gasteiger partial charge in [-0.3, -0.25) is 4.79 Å². The first kappa shape index (κ1) is 22.1. The van der Waals surface area contributed by atoms with E-state index in [9.17, 15) is 26.4 Å². The topological polar surface area (TPSA) is 75.3 Å². The molecule has 1 saturated heterocycles. The van der Waals surface area contributed by atoms with Gasteiger partial charge in [0, 0.05) is 6.04 Å². The van der Waals surface area contributed by atoms with Gasteiger partial charge in [0.1, 0.15) is 0 Å². The molecule has 5 nitrogen and oxygen atoms in total. The Labute approximate surface area is 169 Å². The second kappa shape index (κ2) is 7.91. The number of carbonyl (C=O) groups is 1. The maximum Gasteiger partial charge on any atom is 0.416 e. The van der Waals surface area contributed by atoms with Crippen LogP contribution in [-0.4, -0.2) is 37.7 Å². The van der Waals surface area contributed by atoms with Crippen molar-refractivity contribution in [3.05, 3.63) is 29.8 Å². The maximum absolute atomic E-state index is 13.1. The molecule has 0 aromatic heterocycles. The zero-order valence-corrected chi connectivity index (χ0v) is 17.4. The second-order valence-corrected chi connectivity index (χ2v) is 11.0. The van der Waals surface area contributed by atoms with Crippen LogP contribution in [0.15, 0.2) is 29.2 Å². The van der Waals surface area contributed by atoms with Gasteiger partial charge >= 0.3 is 6.18 Å². The highest BCUT2D eigenvalue weighted by molar-refractivity contribution is 7.92. The molecule has 0 bridgehead atoms. The molecule has 3 rings (SSSR count). The van der Waals surface area contributed by atoms with Crippen LogP contribution in [0.1, 0.15) is 51.5 Å². The first-order valence-corrected chi connectivity index (χ1v) is 11.4. The molecule has 162 valence electrons. The summed E-state index contributed by atoms with van der Waals surface area (Å²) in [5.74, 6) is -0.307. The van der Waals surface area contributed by atoms with E-state index in [1.807, 2.05) is 0 Å². The average molecular weight is 433 g/mol. The van der Waals surface area contributed by atoms with E-state index in [-0.39, 0.29) is 28.8 Å². The number of benzene rings is 1. The van der Waals surface area contributed by atoms with Crippen LogP contribution < -0.4 is 10.6 Å². The largest absolute Gasteiger partial charge is 0.416 e. The number of rotatable bonds is 5. The Morgan fingerprint density at radius 3 is 2.45 bits per heavy atom. The summed E-state index contributed by atoms with van der Waals surface area (Å²) in [5, 5.41) is 6.14. The molecule has 0 unspecified atom stereocenters. The molecule has 1 aromatic carbocycles. The minimum atomic E-state index is -4.60. The maximum atomic E-state index is 13.1. The van der Waals surface area contributed by atoms with E-state index < -0.39 is 26.3 Å². The monoisotopic (exact) mass is 432 g/mol. The Bertz CT molecular complexity index is 856. The summed E-state index contributed by atoms with van der Waals surface area (Å²) >= 11 is 0. The van der Waals surface area contributed by atoms with Gasteiger partial charge in [-0.1, -0.05) is 12.5 Å². The van der Waals surface area contributed by atoms with Gasteiger partial charge in [0.2, 0.25) is 5.91 Å². The number of halogens is 3. The lowest BCUT2D eigenvalue weighted by Crippen LogP contribution is -2.57. The molecule has 1 atom stereocenters. The van der Waals surface area contributed by atoms with Gasteiger partial charge in [0.25, 0.3) is 0 Å². The molecule has 29 heavy (non-hydrogen) atoms. The van der Waals surface area contributed by atoms with E-state index in [1.54, 1.807) is 13.8 Å². The third kappa shape index (κ3) is 4.45. The number of piperidine rings is 1. The smallest absolute Gasteiger partial charge is 0.352 e. The van der Waals surface area contributed by atoms with Gasteiger partial charge in [-0.05, 0) is 70.2 Å². The van der Waals surface area contributed by atoms with Crippen LogP contribution in [0.3, 0.4) is 0 Å². The Morgan fingerprint density at radius 1 is 1.17 bits per heavy atom. The Kier molecular flexibility index (Phi) is 6.02. The molecular weight excluding hydrogens is 405 g/mol. The van der Waals surface area contributed by atoms with Gasteiger partial charge in [-0.25, -0.2) is 8.42 Å². The number of nitrogens with one attached hydrogen (secondary N) is 2. The minimum Gasteiger partial charge on any atom is -0.352 e. The first-order chi connectivity index (χ1) is 13.4. The molecule has 0 spiro atoms. The molecule has 9 heteroatoms. The van der Waals surface area contributed by atoms with Gasteiger partial charge in [0.05, 0.1) is 21.2 Å². The third-order valence-electron chi connectivity index (χ3n) is 6.26. The molecule has 1 aliphatic carbocycles. The number of amides is 1. The first-order valence-electron chi connectivity index (χ1n) is 9.88. The van der Waals surface area contributed by atoms with Crippen molar-refractivity contribution in [2.75, 3.05) is 6.54 Å². The fraction of sp³-hybridized carbons (Fsp3) is 0.650. The predicted octanol–water partition coefficient (Wildman–Crippen LogP) is 3.29. The van der Waals surface area contributed by atoms with E-state index in [4.69, 9.17) is 0 Å². The summed E-state index contributed by atoms with van der Waals surface area (Å²) in [7, 11) is -3.98. The van der Waals surface area contributed by atoms with Crippen LogP contribution in [0.25, 0.3) is 0 Å². The fourth-order valence-corrected chi connectivity index (χ4v) is 5.82. The van der Waals surface area contributed by atoms with Crippen molar-refractivity contribution < 1.29 is 26.4 Å².